The van der Waals surface area contributed by atoms with Gasteiger partial charge in [-0.3, -0.25) is 0 Å². The number of ether oxygens (including phenoxy) is 2. The fourth-order valence-corrected chi connectivity index (χ4v) is 2.59. The quantitative estimate of drug-likeness (QED) is 0.830. The largest absolute Gasteiger partial charge is 0.486 e. The standard InChI is InChI=1S/C17H27NO2/c1-3-5-14-6-8-15(9-7-14)20-17-13-19-12-10-16(17)18-11-4-2/h6-9,16-18H,3-5,10-13H2,1-2H3. The Morgan fingerprint density at radius 2 is 2.00 bits per heavy atom. The van der Waals surface area contributed by atoms with Crippen molar-refractivity contribution in [1.82, 2.24) is 5.32 Å². The first-order valence-corrected chi connectivity index (χ1v) is 7.90. The highest BCUT2D eigenvalue weighted by Crippen LogP contribution is 2.19. The SMILES string of the molecule is CCCNC1CCOCC1Oc1ccc(CCC)cc1. The van der Waals surface area contributed by atoms with Gasteiger partial charge in [-0.2, -0.15) is 0 Å². The number of rotatable bonds is 7. The maximum absolute atomic E-state index is 6.11. The van der Waals surface area contributed by atoms with Gasteiger partial charge in [-0.15, -0.1) is 0 Å². The lowest BCUT2D eigenvalue weighted by Crippen LogP contribution is -2.49. The lowest BCUT2D eigenvalue weighted by Gasteiger charge is -2.32. The predicted octanol–water partition coefficient (Wildman–Crippen LogP) is 3.18. The summed E-state index contributed by atoms with van der Waals surface area (Å²) in [6.07, 6.45) is 4.61. The second-order valence-corrected chi connectivity index (χ2v) is 5.47. The maximum Gasteiger partial charge on any atom is 0.137 e. The molecule has 2 atom stereocenters. The molecule has 2 rings (SSSR count). The van der Waals surface area contributed by atoms with Crippen molar-refractivity contribution in [3.63, 3.8) is 0 Å². The molecule has 1 fully saturated rings. The van der Waals surface area contributed by atoms with Crippen LogP contribution >= 0.6 is 0 Å². The molecule has 1 aromatic rings. The van der Waals surface area contributed by atoms with Crippen molar-refractivity contribution >= 4 is 0 Å². The minimum Gasteiger partial charge on any atom is -0.486 e. The van der Waals surface area contributed by atoms with Crippen LogP contribution < -0.4 is 10.1 Å². The first-order valence-electron chi connectivity index (χ1n) is 7.90. The highest BCUT2D eigenvalue weighted by Gasteiger charge is 2.26. The van der Waals surface area contributed by atoms with E-state index < -0.39 is 0 Å². The Kier molecular flexibility index (Phi) is 6.34. The van der Waals surface area contributed by atoms with Crippen molar-refractivity contribution < 1.29 is 9.47 Å². The summed E-state index contributed by atoms with van der Waals surface area (Å²) in [5.41, 5.74) is 1.38. The summed E-state index contributed by atoms with van der Waals surface area (Å²) in [6, 6.07) is 8.89. The monoisotopic (exact) mass is 277 g/mol. The first kappa shape index (κ1) is 15.3. The summed E-state index contributed by atoms with van der Waals surface area (Å²) in [6.45, 7) is 6.94. The second kappa shape index (κ2) is 8.28. The fourth-order valence-electron chi connectivity index (χ4n) is 2.59. The van der Waals surface area contributed by atoms with E-state index in [1.165, 1.54) is 12.0 Å². The van der Waals surface area contributed by atoms with Gasteiger partial charge in [0.2, 0.25) is 0 Å². The Balaban J connectivity index is 1.91. The van der Waals surface area contributed by atoms with Gasteiger partial charge in [-0.1, -0.05) is 32.4 Å². The van der Waals surface area contributed by atoms with Gasteiger partial charge in [0.25, 0.3) is 0 Å². The van der Waals surface area contributed by atoms with E-state index >= 15 is 0 Å². The van der Waals surface area contributed by atoms with Gasteiger partial charge in [0.1, 0.15) is 11.9 Å². The van der Waals surface area contributed by atoms with Crippen molar-refractivity contribution in [3.8, 4) is 5.75 Å². The maximum atomic E-state index is 6.11. The topological polar surface area (TPSA) is 30.5 Å². The molecular formula is C17H27NO2. The van der Waals surface area contributed by atoms with Gasteiger partial charge >= 0.3 is 0 Å². The van der Waals surface area contributed by atoms with E-state index in [1.54, 1.807) is 0 Å². The fraction of sp³-hybridized carbons (Fsp3) is 0.647. The van der Waals surface area contributed by atoms with Crippen molar-refractivity contribution in [1.29, 1.82) is 0 Å². The van der Waals surface area contributed by atoms with E-state index in [4.69, 9.17) is 9.47 Å². The predicted molar refractivity (Wildman–Crippen MR) is 82.4 cm³/mol. The third-order valence-electron chi connectivity index (χ3n) is 3.71. The number of nitrogens with one attached hydrogen (secondary N) is 1. The molecule has 112 valence electrons. The van der Waals surface area contributed by atoms with Crippen molar-refractivity contribution in [3.05, 3.63) is 29.8 Å². The molecule has 0 saturated carbocycles. The molecule has 3 nitrogen and oxygen atoms in total. The average Bonchev–Trinajstić information content (AvgIpc) is 2.49. The normalized spacial score (nSPS) is 22.7. The van der Waals surface area contributed by atoms with E-state index in [1.807, 2.05) is 0 Å². The van der Waals surface area contributed by atoms with E-state index in [2.05, 4.69) is 43.4 Å². The average molecular weight is 277 g/mol. The van der Waals surface area contributed by atoms with Crippen LogP contribution in [0.3, 0.4) is 0 Å². The molecule has 1 aliphatic rings. The number of hydrogen-bond acceptors (Lipinski definition) is 3. The summed E-state index contributed by atoms with van der Waals surface area (Å²) in [4.78, 5) is 0. The number of hydrogen-bond donors (Lipinski definition) is 1. The van der Waals surface area contributed by atoms with Crippen LogP contribution in [-0.2, 0) is 11.2 Å². The van der Waals surface area contributed by atoms with Crippen LogP contribution in [0.4, 0.5) is 0 Å². The van der Waals surface area contributed by atoms with Gasteiger partial charge in [0.05, 0.1) is 6.61 Å². The molecule has 1 saturated heterocycles. The molecular weight excluding hydrogens is 250 g/mol. The van der Waals surface area contributed by atoms with E-state index in [0.29, 0.717) is 12.6 Å². The Bertz CT molecular complexity index is 377. The van der Waals surface area contributed by atoms with Crippen LogP contribution in [0.25, 0.3) is 0 Å². The Labute approximate surface area is 122 Å². The third kappa shape index (κ3) is 4.50. The van der Waals surface area contributed by atoms with E-state index in [-0.39, 0.29) is 6.10 Å². The molecule has 2 unspecified atom stereocenters. The first-order chi connectivity index (χ1) is 9.83. The Morgan fingerprint density at radius 3 is 2.70 bits per heavy atom. The number of benzene rings is 1. The lowest BCUT2D eigenvalue weighted by molar-refractivity contribution is -0.0146. The smallest absolute Gasteiger partial charge is 0.137 e. The summed E-state index contributed by atoms with van der Waals surface area (Å²) >= 11 is 0. The van der Waals surface area contributed by atoms with Gasteiger partial charge in [-0.25, -0.2) is 0 Å². The molecule has 0 amide bonds. The molecule has 0 aromatic heterocycles. The minimum absolute atomic E-state index is 0.118. The summed E-state index contributed by atoms with van der Waals surface area (Å²) in [7, 11) is 0. The van der Waals surface area contributed by atoms with Crippen LogP contribution in [0.2, 0.25) is 0 Å². The zero-order chi connectivity index (χ0) is 14.2. The molecule has 20 heavy (non-hydrogen) atoms. The second-order valence-electron chi connectivity index (χ2n) is 5.47. The molecule has 1 N–H and O–H groups in total. The van der Waals surface area contributed by atoms with Crippen LogP contribution in [0, 0.1) is 0 Å². The lowest BCUT2D eigenvalue weighted by atomic mass is 10.1. The van der Waals surface area contributed by atoms with Crippen molar-refractivity contribution in [2.24, 2.45) is 0 Å². The molecule has 0 radical (unpaired) electrons. The van der Waals surface area contributed by atoms with Gasteiger partial charge in [-0.05, 0) is 43.5 Å². The van der Waals surface area contributed by atoms with Gasteiger partial charge < -0.3 is 14.8 Å². The van der Waals surface area contributed by atoms with Gasteiger partial charge in [0, 0.05) is 12.6 Å². The summed E-state index contributed by atoms with van der Waals surface area (Å²) in [5, 5.41) is 3.57. The molecule has 0 aliphatic carbocycles. The van der Waals surface area contributed by atoms with Gasteiger partial charge in [0.15, 0.2) is 0 Å². The van der Waals surface area contributed by atoms with Crippen LogP contribution in [0.1, 0.15) is 38.7 Å². The molecule has 0 bridgehead atoms. The molecule has 1 aliphatic heterocycles. The summed E-state index contributed by atoms with van der Waals surface area (Å²) < 4.78 is 11.7. The Morgan fingerprint density at radius 1 is 1.20 bits per heavy atom. The van der Waals surface area contributed by atoms with Crippen LogP contribution in [-0.4, -0.2) is 31.9 Å². The van der Waals surface area contributed by atoms with Crippen LogP contribution in [0.15, 0.2) is 24.3 Å². The van der Waals surface area contributed by atoms with Crippen molar-refractivity contribution in [2.75, 3.05) is 19.8 Å². The summed E-state index contributed by atoms with van der Waals surface area (Å²) in [5.74, 6) is 0.948. The highest BCUT2D eigenvalue weighted by molar-refractivity contribution is 5.27. The number of aryl methyl sites for hydroxylation is 1. The molecule has 1 heterocycles. The molecule has 1 aromatic carbocycles. The zero-order valence-corrected chi connectivity index (χ0v) is 12.7. The molecule has 3 heteroatoms. The Hall–Kier alpha value is -1.06. The zero-order valence-electron chi connectivity index (χ0n) is 12.7. The van der Waals surface area contributed by atoms with Crippen molar-refractivity contribution in [2.45, 2.75) is 51.7 Å². The van der Waals surface area contributed by atoms with Crippen LogP contribution in [0.5, 0.6) is 5.75 Å². The van der Waals surface area contributed by atoms with E-state index in [0.717, 1.165) is 38.2 Å². The third-order valence-corrected chi connectivity index (χ3v) is 3.71. The minimum atomic E-state index is 0.118. The van der Waals surface area contributed by atoms with E-state index in [9.17, 15) is 0 Å². The molecule has 0 spiro atoms. The highest BCUT2D eigenvalue weighted by atomic mass is 16.5.